The highest BCUT2D eigenvalue weighted by molar-refractivity contribution is 5.81. The van der Waals surface area contributed by atoms with Gasteiger partial charge >= 0.3 is 0 Å². The van der Waals surface area contributed by atoms with Crippen LogP contribution in [0.4, 0.5) is 0 Å². The Morgan fingerprint density at radius 3 is 2.62 bits per heavy atom. The molecule has 2 rings (SSSR count). The lowest BCUT2D eigenvalue weighted by molar-refractivity contribution is -0.128. The number of carbonyl (C=O) groups excluding carboxylic acids is 1. The van der Waals surface area contributed by atoms with Crippen LogP contribution in [0, 0.1) is 11.8 Å². The molecular weight excluding hydrogens is 328 g/mol. The predicted molar refractivity (Wildman–Crippen MR) is 105 cm³/mol. The number of ether oxygens (including phenoxy) is 2. The third-order valence-corrected chi connectivity index (χ3v) is 4.88. The number of likely N-dealkylation sites (tertiary alicyclic amines) is 1. The molecule has 0 aliphatic carbocycles. The van der Waals surface area contributed by atoms with Gasteiger partial charge in [-0.2, -0.15) is 0 Å². The summed E-state index contributed by atoms with van der Waals surface area (Å²) in [7, 11) is 1.62. The van der Waals surface area contributed by atoms with Crippen LogP contribution < -0.4 is 14.8 Å². The number of hydrogen-bond donors (Lipinski definition) is 1. The molecule has 1 heterocycles. The van der Waals surface area contributed by atoms with Crippen LogP contribution in [0.3, 0.4) is 0 Å². The third kappa shape index (κ3) is 6.52. The lowest BCUT2D eigenvalue weighted by Gasteiger charge is -2.35. The molecule has 146 valence electrons. The second-order valence-electron chi connectivity index (χ2n) is 7.54. The number of nitrogens with zero attached hydrogens (tertiary/aromatic N) is 1. The second kappa shape index (κ2) is 10.4. The first-order valence-electron chi connectivity index (χ1n) is 9.82. The molecule has 1 aliphatic rings. The molecule has 0 spiro atoms. The number of benzene rings is 1. The fraction of sp³-hybridized carbons (Fsp3) is 0.667. The molecule has 1 saturated heterocycles. The van der Waals surface area contributed by atoms with Crippen molar-refractivity contribution in [3.05, 3.63) is 24.3 Å². The Hall–Kier alpha value is -1.75. The normalized spacial score (nSPS) is 21.8. The zero-order valence-electron chi connectivity index (χ0n) is 16.7. The number of amides is 1. The van der Waals surface area contributed by atoms with Crippen LogP contribution in [0.5, 0.6) is 11.5 Å². The van der Waals surface area contributed by atoms with Crippen molar-refractivity contribution in [1.29, 1.82) is 0 Å². The maximum Gasteiger partial charge on any atom is 0.261 e. The summed E-state index contributed by atoms with van der Waals surface area (Å²) in [6, 6.07) is 7.36. The van der Waals surface area contributed by atoms with Crippen molar-refractivity contribution in [3.8, 4) is 11.5 Å². The van der Waals surface area contributed by atoms with Gasteiger partial charge in [-0.3, -0.25) is 4.79 Å². The first kappa shape index (κ1) is 20.6. The van der Waals surface area contributed by atoms with E-state index in [1.165, 1.54) is 19.5 Å². The Morgan fingerprint density at radius 2 is 1.96 bits per heavy atom. The van der Waals surface area contributed by atoms with Crippen molar-refractivity contribution in [2.75, 3.05) is 33.3 Å². The van der Waals surface area contributed by atoms with Gasteiger partial charge in [0.15, 0.2) is 6.10 Å². The SMILES string of the molecule is CC[C@H](Oc1cccc(OC)c1)C(=O)NCCCN1C[C@H](C)C[C@@H](C)C1. The molecule has 1 aliphatic heterocycles. The highest BCUT2D eigenvalue weighted by Crippen LogP contribution is 2.21. The number of hydrogen-bond acceptors (Lipinski definition) is 4. The fourth-order valence-corrected chi connectivity index (χ4v) is 3.76. The molecular formula is C21H34N2O3. The minimum atomic E-state index is -0.475. The van der Waals surface area contributed by atoms with Crippen molar-refractivity contribution >= 4 is 5.91 Å². The van der Waals surface area contributed by atoms with Crippen LogP contribution >= 0.6 is 0 Å². The van der Waals surface area contributed by atoms with Gasteiger partial charge in [-0.25, -0.2) is 0 Å². The largest absolute Gasteiger partial charge is 0.497 e. The monoisotopic (exact) mass is 362 g/mol. The van der Waals surface area contributed by atoms with Gasteiger partial charge in [0.25, 0.3) is 5.91 Å². The maximum absolute atomic E-state index is 12.4. The zero-order valence-corrected chi connectivity index (χ0v) is 16.7. The van der Waals surface area contributed by atoms with Gasteiger partial charge < -0.3 is 19.7 Å². The fourth-order valence-electron chi connectivity index (χ4n) is 3.76. The summed E-state index contributed by atoms with van der Waals surface area (Å²) < 4.78 is 11.0. The summed E-state index contributed by atoms with van der Waals surface area (Å²) in [5, 5.41) is 3.02. The summed E-state index contributed by atoms with van der Waals surface area (Å²) in [4.78, 5) is 14.9. The topological polar surface area (TPSA) is 50.8 Å². The summed E-state index contributed by atoms with van der Waals surface area (Å²) in [6.45, 7) is 10.7. The molecule has 5 nitrogen and oxygen atoms in total. The Bertz CT molecular complexity index is 554. The third-order valence-electron chi connectivity index (χ3n) is 4.88. The van der Waals surface area contributed by atoms with Crippen LogP contribution in [-0.2, 0) is 4.79 Å². The molecule has 1 aromatic carbocycles. The molecule has 1 aromatic rings. The standard InChI is InChI=1S/C21H34N2O3/c1-5-20(26-19-9-6-8-18(13-19)25-4)21(24)22-10-7-11-23-14-16(2)12-17(3)15-23/h6,8-9,13,16-17,20H,5,7,10-12,14-15H2,1-4H3,(H,22,24)/t16-,17-,20+/m1/s1. The minimum absolute atomic E-state index is 0.0456. The number of methoxy groups -OCH3 is 1. The van der Waals surface area contributed by atoms with Crippen LogP contribution in [0.25, 0.3) is 0 Å². The maximum atomic E-state index is 12.4. The summed E-state index contributed by atoms with van der Waals surface area (Å²) in [5.41, 5.74) is 0. The van der Waals surface area contributed by atoms with Crippen molar-refractivity contribution in [2.45, 2.75) is 46.1 Å². The molecule has 1 amide bonds. The van der Waals surface area contributed by atoms with Crippen LogP contribution in [0.1, 0.15) is 40.0 Å². The predicted octanol–water partition coefficient (Wildman–Crippen LogP) is 3.34. The molecule has 5 heteroatoms. The van der Waals surface area contributed by atoms with E-state index in [1.54, 1.807) is 13.2 Å². The van der Waals surface area contributed by atoms with Gasteiger partial charge in [-0.05, 0) is 49.8 Å². The van der Waals surface area contributed by atoms with E-state index in [9.17, 15) is 4.79 Å². The Morgan fingerprint density at radius 1 is 1.27 bits per heavy atom. The van der Waals surface area contributed by atoms with E-state index in [0.717, 1.165) is 30.6 Å². The number of piperidine rings is 1. The average Bonchev–Trinajstić information content (AvgIpc) is 2.62. The Labute approximate surface area is 158 Å². The Kier molecular flexibility index (Phi) is 8.23. The van der Waals surface area contributed by atoms with Gasteiger partial charge in [-0.15, -0.1) is 0 Å². The smallest absolute Gasteiger partial charge is 0.261 e. The first-order chi connectivity index (χ1) is 12.5. The zero-order chi connectivity index (χ0) is 18.9. The number of rotatable bonds is 9. The second-order valence-corrected chi connectivity index (χ2v) is 7.54. The van der Waals surface area contributed by atoms with Crippen molar-refractivity contribution < 1.29 is 14.3 Å². The molecule has 26 heavy (non-hydrogen) atoms. The number of carbonyl (C=O) groups is 1. The molecule has 0 bridgehead atoms. The van der Waals surface area contributed by atoms with E-state index >= 15 is 0 Å². The van der Waals surface area contributed by atoms with E-state index in [1.807, 2.05) is 25.1 Å². The van der Waals surface area contributed by atoms with E-state index in [-0.39, 0.29) is 5.91 Å². The average molecular weight is 363 g/mol. The lowest BCUT2D eigenvalue weighted by atomic mass is 9.92. The highest BCUT2D eigenvalue weighted by Gasteiger charge is 2.22. The Balaban J connectivity index is 1.73. The summed E-state index contributed by atoms with van der Waals surface area (Å²) in [5.74, 6) is 2.88. The van der Waals surface area contributed by atoms with Crippen LogP contribution in [-0.4, -0.2) is 50.2 Å². The highest BCUT2D eigenvalue weighted by atomic mass is 16.5. The van der Waals surface area contributed by atoms with E-state index < -0.39 is 6.10 Å². The summed E-state index contributed by atoms with van der Waals surface area (Å²) >= 11 is 0. The van der Waals surface area contributed by atoms with Gasteiger partial charge in [0, 0.05) is 25.7 Å². The van der Waals surface area contributed by atoms with Crippen LogP contribution in [0.2, 0.25) is 0 Å². The van der Waals surface area contributed by atoms with Gasteiger partial charge in [0.2, 0.25) is 0 Å². The molecule has 3 atom stereocenters. The van der Waals surface area contributed by atoms with E-state index in [4.69, 9.17) is 9.47 Å². The van der Waals surface area contributed by atoms with Gasteiger partial charge in [0.1, 0.15) is 11.5 Å². The van der Waals surface area contributed by atoms with Crippen molar-refractivity contribution in [2.24, 2.45) is 11.8 Å². The lowest BCUT2D eigenvalue weighted by Crippen LogP contribution is -2.41. The molecule has 1 N–H and O–H groups in total. The van der Waals surface area contributed by atoms with Gasteiger partial charge in [0.05, 0.1) is 7.11 Å². The summed E-state index contributed by atoms with van der Waals surface area (Å²) in [6.07, 6.45) is 2.45. The van der Waals surface area contributed by atoms with E-state index in [0.29, 0.717) is 18.7 Å². The van der Waals surface area contributed by atoms with Crippen LogP contribution in [0.15, 0.2) is 24.3 Å². The van der Waals surface area contributed by atoms with Gasteiger partial charge in [-0.1, -0.05) is 26.8 Å². The molecule has 0 unspecified atom stereocenters. The quantitative estimate of drug-likeness (QED) is 0.685. The van der Waals surface area contributed by atoms with E-state index in [2.05, 4.69) is 24.1 Å². The molecule has 0 radical (unpaired) electrons. The van der Waals surface area contributed by atoms with Crippen molar-refractivity contribution in [1.82, 2.24) is 10.2 Å². The molecule has 1 fully saturated rings. The number of nitrogens with one attached hydrogen (secondary N) is 1. The molecule has 0 saturated carbocycles. The first-order valence-corrected chi connectivity index (χ1v) is 9.82. The van der Waals surface area contributed by atoms with Crippen molar-refractivity contribution in [3.63, 3.8) is 0 Å². The minimum Gasteiger partial charge on any atom is -0.497 e. The molecule has 0 aromatic heterocycles.